The molecule has 2 rings (SSSR count). The van der Waals surface area contributed by atoms with Gasteiger partial charge in [0.2, 0.25) is 11.8 Å². The summed E-state index contributed by atoms with van der Waals surface area (Å²) in [6, 6.07) is 17.5. The second kappa shape index (κ2) is 10.6. The predicted octanol–water partition coefficient (Wildman–Crippen LogP) is 3.56. The number of amides is 2. The van der Waals surface area contributed by atoms with Crippen LogP contribution in [0.15, 0.2) is 54.6 Å². The Morgan fingerprint density at radius 3 is 2.29 bits per heavy atom. The van der Waals surface area contributed by atoms with Crippen molar-refractivity contribution >= 4 is 17.5 Å². The molecule has 28 heavy (non-hydrogen) atoms. The van der Waals surface area contributed by atoms with Crippen LogP contribution in [0.2, 0.25) is 0 Å². The van der Waals surface area contributed by atoms with E-state index in [0.717, 1.165) is 17.7 Å². The van der Waals surface area contributed by atoms with Gasteiger partial charge in [0.1, 0.15) is 0 Å². The molecule has 0 spiro atoms. The zero-order chi connectivity index (χ0) is 20.5. The topological polar surface area (TPSA) is 61.4 Å². The second-order valence-corrected chi connectivity index (χ2v) is 7.27. The summed E-state index contributed by atoms with van der Waals surface area (Å²) in [5.74, 6) is 0.0780. The minimum atomic E-state index is -0.392. The average Bonchev–Trinajstić information content (AvgIpc) is 2.70. The first kappa shape index (κ1) is 21.6. The number of nitrogens with one attached hydrogen (secondary N) is 2. The Morgan fingerprint density at radius 2 is 1.68 bits per heavy atom. The van der Waals surface area contributed by atoms with E-state index in [1.54, 1.807) is 11.9 Å². The molecule has 2 atom stereocenters. The molecule has 150 valence electrons. The van der Waals surface area contributed by atoms with Gasteiger partial charge in [-0.1, -0.05) is 55.0 Å². The van der Waals surface area contributed by atoms with Crippen LogP contribution in [0.1, 0.15) is 37.3 Å². The fourth-order valence-corrected chi connectivity index (χ4v) is 3.00. The number of hydrogen-bond donors (Lipinski definition) is 2. The van der Waals surface area contributed by atoms with E-state index in [1.807, 2.05) is 56.3 Å². The van der Waals surface area contributed by atoms with Crippen LogP contribution in [-0.2, 0) is 9.59 Å². The monoisotopic (exact) mass is 381 g/mol. The highest BCUT2D eigenvalue weighted by Crippen LogP contribution is 2.18. The summed E-state index contributed by atoms with van der Waals surface area (Å²) >= 11 is 0. The van der Waals surface area contributed by atoms with E-state index in [1.165, 1.54) is 5.56 Å². The maximum atomic E-state index is 12.5. The summed E-state index contributed by atoms with van der Waals surface area (Å²) < 4.78 is 0. The van der Waals surface area contributed by atoms with E-state index in [0.29, 0.717) is 6.54 Å². The Kier molecular flexibility index (Phi) is 8.20. The summed E-state index contributed by atoms with van der Waals surface area (Å²) in [6.07, 6.45) is 0.952. The molecule has 0 heterocycles. The zero-order valence-electron chi connectivity index (χ0n) is 17.2. The molecule has 0 radical (unpaired) electrons. The fraction of sp³-hybridized carbons (Fsp3) is 0.391. The lowest BCUT2D eigenvalue weighted by Gasteiger charge is -2.24. The second-order valence-electron chi connectivity index (χ2n) is 7.27. The average molecular weight is 382 g/mol. The molecule has 2 aromatic carbocycles. The Bertz CT molecular complexity index is 759. The smallest absolute Gasteiger partial charge is 0.238 e. The number of hydrogen-bond acceptors (Lipinski definition) is 3. The molecular weight excluding hydrogens is 350 g/mol. The third-order valence-corrected chi connectivity index (χ3v) is 5.06. The van der Waals surface area contributed by atoms with Crippen molar-refractivity contribution in [1.29, 1.82) is 0 Å². The lowest BCUT2D eigenvalue weighted by molar-refractivity contribution is -0.126. The van der Waals surface area contributed by atoms with Crippen LogP contribution in [0.25, 0.3) is 0 Å². The molecule has 0 saturated heterocycles. The number of likely N-dealkylation sites (N-methyl/N-ethyl adjacent to an activating group) is 1. The van der Waals surface area contributed by atoms with E-state index in [9.17, 15) is 9.59 Å². The standard InChI is InChI=1S/C23H31N3O2/c1-5-19(20-9-7-6-8-10-20)15-24-23(28)18(3)26(4)16-22(27)25-21-13-11-17(2)12-14-21/h6-14,18-19H,5,15-16H2,1-4H3,(H,24,28)(H,25,27)/t18-,19-/m1/s1. The van der Waals surface area contributed by atoms with E-state index >= 15 is 0 Å². The van der Waals surface area contributed by atoms with Gasteiger partial charge < -0.3 is 10.6 Å². The lowest BCUT2D eigenvalue weighted by Crippen LogP contribution is -2.46. The molecule has 0 fully saturated rings. The predicted molar refractivity (Wildman–Crippen MR) is 114 cm³/mol. The van der Waals surface area contributed by atoms with Gasteiger partial charge >= 0.3 is 0 Å². The van der Waals surface area contributed by atoms with Crippen LogP contribution < -0.4 is 10.6 Å². The third-order valence-electron chi connectivity index (χ3n) is 5.06. The first-order chi connectivity index (χ1) is 13.4. The molecular formula is C23H31N3O2. The quantitative estimate of drug-likeness (QED) is 0.698. The lowest BCUT2D eigenvalue weighted by atomic mass is 9.96. The minimum absolute atomic E-state index is 0.0694. The summed E-state index contributed by atoms with van der Waals surface area (Å²) in [5.41, 5.74) is 3.12. The Balaban J connectivity index is 1.82. The normalized spacial score (nSPS) is 13.0. The third kappa shape index (κ3) is 6.50. The van der Waals surface area contributed by atoms with Crippen molar-refractivity contribution < 1.29 is 9.59 Å². The van der Waals surface area contributed by atoms with Gasteiger partial charge in [-0.05, 0) is 45.0 Å². The van der Waals surface area contributed by atoms with E-state index in [2.05, 4.69) is 29.7 Å². The van der Waals surface area contributed by atoms with Gasteiger partial charge in [0.15, 0.2) is 0 Å². The molecule has 2 N–H and O–H groups in total. The minimum Gasteiger partial charge on any atom is -0.354 e. The van der Waals surface area contributed by atoms with Crippen molar-refractivity contribution in [2.45, 2.75) is 39.2 Å². The molecule has 0 aliphatic carbocycles. The van der Waals surface area contributed by atoms with Crippen LogP contribution in [0.5, 0.6) is 0 Å². The van der Waals surface area contributed by atoms with Gasteiger partial charge in [-0.2, -0.15) is 0 Å². The number of carbonyl (C=O) groups excluding carboxylic acids is 2. The van der Waals surface area contributed by atoms with Crippen LogP contribution in [-0.4, -0.2) is 42.9 Å². The van der Waals surface area contributed by atoms with Crippen molar-refractivity contribution in [1.82, 2.24) is 10.2 Å². The molecule has 5 heteroatoms. The van der Waals surface area contributed by atoms with Gasteiger partial charge in [-0.15, -0.1) is 0 Å². The van der Waals surface area contributed by atoms with Gasteiger partial charge in [-0.3, -0.25) is 14.5 Å². The molecule has 0 aliphatic rings. The summed E-state index contributed by atoms with van der Waals surface area (Å²) in [6.45, 7) is 6.68. The maximum absolute atomic E-state index is 12.5. The highest BCUT2D eigenvalue weighted by Gasteiger charge is 2.21. The SMILES string of the molecule is CC[C@H](CNC(=O)[C@@H](C)N(C)CC(=O)Nc1ccc(C)cc1)c1ccccc1. The number of anilines is 1. The van der Waals surface area contributed by atoms with Crippen molar-refractivity contribution in [2.75, 3.05) is 25.5 Å². The molecule has 2 aromatic rings. The van der Waals surface area contributed by atoms with Gasteiger partial charge in [-0.25, -0.2) is 0 Å². The summed E-state index contributed by atoms with van der Waals surface area (Å²) in [4.78, 5) is 26.5. The molecule has 5 nitrogen and oxygen atoms in total. The van der Waals surface area contributed by atoms with Crippen LogP contribution >= 0.6 is 0 Å². The Morgan fingerprint density at radius 1 is 1.04 bits per heavy atom. The summed E-state index contributed by atoms with van der Waals surface area (Å²) in [5, 5.41) is 5.89. The van der Waals surface area contributed by atoms with Crippen molar-refractivity contribution in [3.8, 4) is 0 Å². The van der Waals surface area contributed by atoms with Crippen molar-refractivity contribution in [3.63, 3.8) is 0 Å². The zero-order valence-corrected chi connectivity index (χ0v) is 17.2. The van der Waals surface area contributed by atoms with Gasteiger partial charge in [0, 0.05) is 18.2 Å². The van der Waals surface area contributed by atoms with Crippen molar-refractivity contribution in [2.24, 2.45) is 0 Å². The highest BCUT2D eigenvalue weighted by atomic mass is 16.2. The molecule has 0 unspecified atom stereocenters. The molecule has 2 amide bonds. The van der Waals surface area contributed by atoms with E-state index in [4.69, 9.17) is 0 Å². The first-order valence-electron chi connectivity index (χ1n) is 9.80. The van der Waals surface area contributed by atoms with Gasteiger partial charge in [0.05, 0.1) is 12.6 Å². The number of aryl methyl sites for hydroxylation is 1. The van der Waals surface area contributed by atoms with E-state index < -0.39 is 6.04 Å². The number of benzene rings is 2. The van der Waals surface area contributed by atoms with Crippen molar-refractivity contribution in [3.05, 3.63) is 65.7 Å². The number of nitrogens with zero attached hydrogens (tertiary/aromatic N) is 1. The number of rotatable bonds is 9. The van der Waals surface area contributed by atoms with Gasteiger partial charge in [0.25, 0.3) is 0 Å². The first-order valence-corrected chi connectivity index (χ1v) is 9.80. The Hall–Kier alpha value is -2.66. The van der Waals surface area contributed by atoms with Crippen LogP contribution in [0.3, 0.4) is 0 Å². The molecule has 0 aliphatic heterocycles. The highest BCUT2D eigenvalue weighted by molar-refractivity contribution is 5.92. The fourth-order valence-electron chi connectivity index (χ4n) is 3.00. The van der Waals surface area contributed by atoms with Crippen LogP contribution in [0, 0.1) is 6.92 Å². The molecule has 0 aromatic heterocycles. The number of carbonyl (C=O) groups is 2. The molecule has 0 bridgehead atoms. The molecule has 0 saturated carbocycles. The largest absolute Gasteiger partial charge is 0.354 e. The Labute approximate surface area is 168 Å². The van der Waals surface area contributed by atoms with Crippen LogP contribution in [0.4, 0.5) is 5.69 Å². The summed E-state index contributed by atoms with van der Waals surface area (Å²) in [7, 11) is 1.79. The van der Waals surface area contributed by atoms with E-state index in [-0.39, 0.29) is 24.3 Å². The maximum Gasteiger partial charge on any atom is 0.238 e.